The third-order valence-electron chi connectivity index (χ3n) is 5.41. The minimum absolute atomic E-state index is 0.0219. The molecule has 0 radical (unpaired) electrons. The molecule has 184 valence electrons. The van der Waals surface area contributed by atoms with Gasteiger partial charge < -0.3 is 15.7 Å². The molecule has 0 bridgehead atoms. The summed E-state index contributed by atoms with van der Waals surface area (Å²) in [5.74, 6) is -0.966. The number of rotatable bonds is 7. The van der Waals surface area contributed by atoms with Crippen LogP contribution in [0.5, 0.6) is 0 Å². The standard InChI is InChI=1S/C25H23ClF3N3O3/c1-14-4-3-5-17(10-14)22-19(8-9-21(32-22)25(27,28)29)13-30-23(33)15(2)16-6-7-18(20(26)11-16)12-31-24(34)35/h3-11,15,31H,12-13H2,1-2H3,(H,30,33)(H,34,35). The van der Waals surface area contributed by atoms with Crippen LogP contribution in [0.25, 0.3) is 11.3 Å². The summed E-state index contributed by atoms with van der Waals surface area (Å²) in [5, 5.41) is 14.0. The zero-order valence-corrected chi connectivity index (χ0v) is 19.7. The predicted octanol–water partition coefficient (Wildman–Crippen LogP) is 5.92. The first-order valence-corrected chi connectivity index (χ1v) is 11.0. The smallest absolute Gasteiger partial charge is 0.433 e. The molecule has 2 amide bonds. The number of hydrogen-bond donors (Lipinski definition) is 3. The van der Waals surface area contributed by atoms with Crippen LogP contribution in [0.2, 0.25) is 5.02 Å². The van der Waals surface area contributed by atoms with Crippen LogP contribution in [-0.4, -0.2) is 22.1 Å². The second kappa shape index (κ2) is 10.8. The first kappa shape index (κ1) is 26.0. The summed E-state index contributed by atoms with van der Waals surface area (Å²) in [6, 6.07) is 14.1. The van der Waals surface area contributed by atoms with Crippen molar-refractivity contribution in [2.75, 3.05) is 0 Å². The lowest BCUT2D eigenvalue weighted by atomic mass is 9.98. The molecule has 0 saturated heterocycles. The molecule has 1 atom stereocenters. The Morgan fingerprint density at radius 2 is 1.71 bits per heavy atom. The number of carboxylic acid groups (broad SMARTS) is 1. The van der Waals surface area contributed by atoms with Crippen LogP contribution >= 0.6 is 11.6 Å². The first-order valence-electron chi connectivity index (χ1n) is 10.6. The Morgan fingerprint density at radius 1 is 1.03 bits per heavy atom. The van der Waals surface area contributed by atoms with Crippen molar-refractivity contribution in [2.24, 2.45) is 0 Å². The topological polar surface area (TPSA) is 91.3 Å². The van der Waals surface area contributed by atoms with Crippen LogP contribution in [0, 0.1) is 6.92 Å². The molecule has 0 fully saturated rings. The van der Waals surface area contributed by atoms with Crippen LogP contribution in [0.15, 0.2) is 54.6 Å². The van der Waals surface area contributed by atoms with E-state index < -0.39 is 23.9 Å². The number of hydrogen-bond acceptors (Lipinski definition) is 3. The van der Waals surface area contributed by atoms with E-state index in [0.717, 1.165) is 11.6 Å². The van der Waals surface area contributed by atoms with Gasteiger partial charge in [-0.15, -0.1) is 0 Å². The number of carbonyl (C=O) groups is 2. The van der Waals surface area contributed by atoms with Crippen molar-refractivity contribution in [1.29, 1.82) is 0 Å². The summed E-state index contributed by atoms with van der Waals surface area (Å²) in [4.78, 5) is 27.3. The van der Waals surface area contributed by atoms with Crippen LogP contribution in [0.3, 0.4) is 0 Å². The van der Waals surface area contributed by atoms with Crippen molar-refractivity contribution in [1.82, 2.24) is 15.6 Å². The van der Waals surface area contributed by atoms with E-state index in [4.69, 9.17) is 16.7 Å². The summed E-state index contributed by atoms with van der Waals surface area (Å²) in [7, 11) is 0. The molecule has 10 heteroatoms. The summed E-state index contributed by atoms with van der Waals surface area (Å²) in [6.45, 7) is 3.50. The van der Waals surface area contributed by atoms with Gasteiger partial charge in [0.2, 0.25) is 5.91 Å². The molecule has 3 aromatic rings. The van der Waals surface area contributed by atoms with E-state index in [0.29, 0.717) is 27.3 Å². The maximum absolute atomic E-state index is 13.3. The van der Waals surface area contributed by atoms with Gasteiger partial charge in [0, 0.05) is 23.7 Å². The zero-order chi connectivity index (χ0) is 25.8. The molecule has 3 N–H and O–H groups in total. The van der Waals surface area contributed by atoms with Gasteiger partial charge in [-0.1, -0.05) is 53.6 Å². The summed E-state index contributed by atoms with van der Waals surface area (Å²) in [5.41, 5.74) is 2.13. The minimum atomic E-state index is -4.60. The molecule has 1 aromatic heterocycles. The van der Waals surface area contributed by atoms with E-state index in [-0.39, 0.29) is 24.7 Å². The Kier molecular flexibility index (Phi) is 8.01. The van der Waals surface area contributed by atoms with Crippen molar-refractivity contribution in [3.05, 3.63) is 87.6 Å². The number of pyridine rings is 1. The van der Waals surface area contributed by atoms with Crippen molar-refractivity contribution >= 4 is 23.6 Å². The molecule has 6 nitrogen and oxygen atoms in total. The molecule has 0 spiro atoms. The first-order chi connectivity index (χ1) is 16.5. The van der Waals surface area contributed by atoms with Crippen molar-refractivity contribution in [3.8, 4) is 11.3 Å². The summed E-state index contributed by atoms with van der Waals surface area (Å²) < 4.78 is 39.8. The van der Waals surface area contributed by atoms with Crippen molar-refractivity contribution < 1.29 is 27.9 Å². The van der Waals surface area contributed by atoms with Gasteiger partial charge in [0.05, 0.1) is 11.6 Å². The van der Waals surface area contributed by atoms with Crippen molar-refractivity contribution in [3.63, 3.8) is 0 Å². The predicted molar refractivity (Wildman–Crippen MR) is 126 cm³/mol. The van der Waals surface area contributed by atoms with E-state index in [1.807, 2.05) is 13.0 Å². The quantitative estimate of drug-likeness (QED) is 0.372. The molecule has 1 heterocycles. The Morgan fingerprint density at radius 3 is 2.34 bits per heavy atom. The van der Waals surface area contributed by atoms with Crippen LogP contribution < -0.4 is 10.6 Å². The number of aromatic nitrogens is 1. The lowest BCUT2D eigenvalue weighted by molar-refractivity contribution is -0.141. The van der Waals surface area contributed by atoms with E-state index in [1.54, 1.807) is 43.3 Å². The Labute approximate surface area is 205 Å². The van der Waals surface area contributed by atoms with E-state index in [2.05, 4.69) is 15.6 Å². The number of carbonyl (C=O) groups excluding carboxylic acids is 1. The van der Waals surface area contributed by atoms with Crippen LogP contribution in [-0.2, 0) is 24.1 Å². The normalized spacial score (nSPS) is 12.2. The Hall–Kier alpha value is -3.59. The summed E-state index contributed by atoms with van der Waals surface area (Å²) >= 11 is 6.22. The molecule has 2 aromatic carbocycles. The maximum atomic E-state index is 13.3. The third kappa shape index (κ3) is 6.73. The maximum Gasteiger partial charge on any atom is 0.433 e. The van der Waals surface area contributed by atoms with Crippen LogP contribution in [0.1, 0.15) is 40.8 Å². The zero-order valence-electron chi connectivity index (χ0n) is 18.9. The second-order valence-electron chi connectivity index (χ2n) is 8.02. The molecular formula is C25H23ClF3N3O3. The molecule has 3 rings (SSSR count). The minimum Gasteiger partial charge on any atom is -0.465 e. The van der Waals surface area contributed by atoms with Gasteiger partial charge in [0.1, 0.15) is 5.69 Å². The lowest BCUT2D eigenvalue weighted by Crippen LogP contribution is -2.28. The van der Waals surface area contributed by atoms with Gasteiger partial charge in [-0.25, -0.2) is 9.78 Å². The fourth-order valence-corrected chi connectivity index (χ4v) is 3.72. The molecule has 1 unspecified atom stereocenters. The molecule has 35 heavy (non-hydrogen) atoms. The van der Waals surface area contributed by atoms with E-state index in [1.165, 1.54) is 6.07 Å². The van der Waals surface area contributed by atoms with Gasteiger partial charge in [-0.05, 0) is 48.7 Å². The molecular weight excluding hydrogens is 483 g/mol. The molecule has 0 aliphatic rings. The number of nitrogens with one attached hydrogen (secondary N) is 2. The van der Waals surface area contributed by atoms with E-state index in [9.17, 15) is 22.8 Å². The lowest BCUT2D eigenvalue weighted by Gasteiger charge is -2.17. The van der Waals surface area contributed by atoms with Crippen molar-refractivity contribution in [2.45, 2.75) is 39.0 Å². The third-order valence-corrected chi connectivity index (χ3v) is 5.77. The Balaban J connectivity index is 1.79. The SMILES string of the molecule is Cc1cccc(-c2nc(C(F)(F)F)ccc2CNC(=O)C(C)c2ccc(CNC(=O)O)c(Cl)c2)c1. The number of nitrogens with zero attached hydrogens (tertiary/aromatic N) is 1. The van der Waals surface area contributed by atoms with Gasteiger partial charge in [-0.3, -0.25) is 4.79 Å². The van der Waals surface area contributed by atoms with Crippen LogP contribution in [0.4, 0.5) is 18.0 Å². The van der Waals surface area contributed by atoms with Gasteiger partial charge >= 0.3 is 12.3 Å². The molecule has 0 saturated carbocycles. The van der Waals surface area contributed by atoms with Gasteiger partial charge in [-0.2, -0.15) is 13.2 Å². The number of benzene rings is 2. The number of alkyl halides is 3. The van der Waals surface area contributed by atoms with E-state index >= 15 is 0 Å². The fraction of sp³-hybridized carbons (Fsp3) is 0.240. The largest absolute Gasteiger partial charge is 0.465 e. The average molecular weight is 506 g/mol. The monoisotopic (exact) mass is 505 g/mol. The number of halogens is 4. The highest BCUT2D eigenvalue weighted by molar-refractivity contribution is 6.31. The summed E-state index contributed by atoms with van der Waals surface area (Å²) in [6.07, 6.45) is -5.78. The Bertz CT molecular complexity index is 1250. The molecule has 0 aliphatic carbocycles. The fourth-order valence-electron chi connectivity index (χ4n) is 3.46. The highest BCUT2D eigenvalue weighted by Gasteiger charge is 2.33. The van der Waals surface area contributed by atoms with Gasteiger partial charge in [0.25, 0.3) is 0 Å². The second-order valence-corrected chi connectivity index (χ2v) is 8.43. The number of aryl methyl sites for hydroxylation is 1. The number of amides is 2. The average Bonchev–Trinajstić information content (AvgIpc) is 2.80. The highest BCUT2D eigenvalue weighted by Crippen LogP contribution is 2.32. The highest BCUT2D eigenvalue weighted by atomic mass is 35.5. The molecule has 0 aliphatic heterocycles. The van der Waals surface area contributed by atoms with Gasteiger partial charge in [0.15, 0.2) is 0 Å².